The molecule has 204 valence electrons. The number of fused-ring (bicyclic) bond motifs is 1. The fourth-order valence-corrected chi connectivity index (χ4v) is 5.88. The van der Waals surface area contributed by atoms with Gasteiger partial charge in [0.2, 0.25) is 15.9 Å². The second-order valence-electron chi connectivity index (χ2n) is 8.82. The van der Waals surface area contributed by atoms with E-state index in [0.717, 1.165) is 6.42 Å². The molecule has 12 nitrogen and oxygen atoms in total. The molecule has 0 spiro atoms. The number of benzene rings is 1. The molecule has 0 unspecified atom stereocenters. The lowest BCUT2D eigenvalue weighted by molar-refractivity contribution is -0.148. The average molecular weight is 545 g/mol. The lowest BCUT2D eigenvalue weighted by atomic mass is 10.1. The van der Waals surface area contributed by atoms with Gasteiger partial charge in [-0.1, -0.05) is 12.1 Å². The molecule has 1 aromatic carbocycles. The summed E-state index contributed by atoms with van der Waals surface area (Å²) in [7, 11) is -4.10. The molecule has 3 N–H and O–H groups in total. The van der Waals surface area contributed by atoms with Crippen molar-refractivity contribution in [2.75, 3.05) is 25.0 Å². The van der Waals surface area contributed by atoms with Crippen molar-refractivity contribution in [1.82, 2.24) is 24.6 Å². The molecule has 1 aliphatic rings. The number of ether oxygens (including phenoxy) is 2. The third kappa shape index (κ3) is 6.78. The van der Waals surface area contributed by atoms with Gasteiger partial charge in [0.15, 0.2) is 12.2 Å². The highest BCUT2D eigenvalue weighted by Crippen LogP contribution is 2.24. The van der Waals surface area contributed by atoms with E-state index in [1.165, 1.54) is 17.2 Å². The number of nitrogens with one attached hydrogen (secondary N) is 3. The maximum atomic E-state index is 13.8. The van der Waals surface area contributed by atoms with E-state index in [4.69, 9.17) is 9.47 Å². The van der Waals surface area contributed by atoms with Crippen LogP contribution in [-0.2, 0) is 24.3 Å². The van der Waals surface area contributed by atoms with Gasteiger partial charge < -0.3 is 24.7 Å². The molecule has 4 rings (SSSR count). The van der Waals surface area contributed by atoms with E-state index in [2.05, 4.69) is 25.0 Å². The molecule has 38 heavy (non-hydrogen) atoms. The molecule has 1 amide bonds. The van der Waals surface area contributed by atoms with Crippen LogP contribution in [0.2, 0.25) is 0 Å². The number of amides is 1. The maximum Gasteiger partial charge on any atom is 0.510 e. The number of pyridine rings is 1. The molecule has 13 heteroatoms. The number of carbonyl (C=O) groups is 2. The van der Waals surface area contributed by atoms with Crippen molar-refractivity contribution < 1.29 is 27.5 Å². The second-order valence-corrected chi connectivity index (χ2v) is 10.5. The standard InChI is InChI=1S/C25H32N6O6S/c1-2-36-25(33)37-22-10-3-4-16-31(22)23(32)20(8-6-12-27-24-28-14-15-29-24)30-38(34,35)21-9-5-7-18-17-26-13-11-19(18)21/h5,7,9,11,13-15,17,20,22,30H,2-4,6,8,10,12,16H2,1H3,(H2,27,28,29)/t20-,22+/m0/s1. The molecule has 2 atom stereocenters. The summed E-state index contributed by atoms with van der Waals surface area (Å²) in [5, 5.41) is 4.27. The normalized spacial score (nSPS) is 16.7. The third-order valence-corrected chi connectivity index (χ3v) is 7.74. The largest absolute Gasteiger partial charge is 0.510 e. The fraction of sp³-hybridized carbons (Fsp3) is 0.440. The Balaban J connectivity index is 1.55. The van der Waals surface area contributed by atoms with E-state index in [0.29, 0.717) is 49.1 Å². The van der Waals surface area contributed by atoms with Gasteiger partial charge >= 0.3 is 6.16 Å². The summed E-state index contributed by atoms with van der Waals surface area (Å²) >= 11 is 0. The highest BCUT2D eigenvalue weighted by atomic mass is 32.2. The van der Waals surface area contributed by atoms with Gasteiger partial charge in [0, 0.05) is 55.1 Å². The van der Waals surface area contributed by atoms with E-state index in [1.54, 1.807) is 43.7 Å². The number of nitrogens with zero attached hydrogens (tertiary/aromatic N) is 3. The molecule has 1 fully saturated rings. The number of likely N-dealkylation sites (tertiary alicyclic amines) is 1. The van der Waals surface area contributed by atoms with Gasteiger partial charge in [0.1, 0.15) is 6.04 Å². The molecule has 0 aliphatic carbocycles. The Kier molecular flexibility index (Phi) is 9.13. The molecule has 0 bridgehead atoms. The topological polar surface area (TPSA) is 156 Å². The van der Waals surface area contributed by atoms with Crippen LogP contribution < -0.4 is 10.0 Å². The van der Waals surface area contributed by atoms with E-state index in [9.17, 15) is 18.0 Å². The predicted molar refractivity (Wildman–Crippen MR) is 140 cm³/mol. The van der Waals surface area contributed by atoms with E-state index >= 15 is 0 Å². The highest BCUT2D eigenvalue weighted by Gasteiger charge is 2.36. The van der Waals surface area contributed by atoms with Crippen LogP contribution in [0.1, 0.15) is 39.0 Å². The maximum absolute atomic E-state index is 13.8. The zero-order valence-corrected chi connectivity index (χ0v) is 21.9. The summed E-state index contributed by atoms with van der Waals surface area (Å²) in [4.78, 5) is 38.3. The lowest BCUT2D eigenvalue weighted by Crippen LogP contribution is -2.54. The smallest absolute Gasteiger partial charge is 0.435 e. The summed E-state index contributed by atoms with van der Waals surface area (Å²) in [6.45, 7) is 2.61. The van der Waals surface area contributed by atoms with Crippen LogP contribution in [0, 0.1) is 0 Å². The summed E-state index contributed by atoms with van der Waals surface area (Å²) in [6.07, 6.45) is 7.32. The van der Waals surface area contributed by atoms with Gasteiger partial charge in [-0.25, -0.2) is 18.2 Å². The Bertz CT molecular complexity index is 1330. The minimum Gasteiger partial charge on any atom is -0.435 e. The number of H-pyrrole nitrogens is 1. The van der Waals surface area contributed by atoms with Gasteiger partial charge in [0.25, 0.3) is 0 Å². The number of hydrogen-bond acceptors (Lipinski definition) is 9. The van der Waals surface area contributed by atoms with Crippen LogP contribution in [0.5, 0.6) is 0 Å². The monoisotopic (exact) mass is 544 g/mol. The molecule has 1 aliphatic heterocycles. The van der Waals surface area contributed by atoms with E-state index in [-0.39, 0.29) is 17.9 Å². The first-order valence-corrected chi connectivity index (χ1v) is 14.1. The number of imidazole rings is 1. The van der Waals surface area contributed by atoms with Crippen molar-refractivity contribution in [2.24, 2.45) is 0 Å². The average Bonchev–Trinajstić information content (AvgIpc) is 3.44. The SMILES string of the molecule is CCOC(=O)O[C@@H]1CCCCN1C(=O)[C@H](CCCNc1ncc[nH]1)NS(=O)(=O)c1cccc2cnccc12. The van der Waals surface area contributed by atoms with Gasteiger partial charge in [-0.15, -0.1) is 0 Å². The summed E-state index contributed by atoms with van der Waals surface area (Å²) < 4.78 is 40.1. The van der Waals surface area contributed by atoms with Crippen LogP contribution in [0.4, 0.5) is 10.7 Å². The Morgan fingerprint density at radius 2 is 2.11 bits per heavy atom. The molecule has 1 saturated heterocycles. The number of hydrogen-bond donors (Lipinski definition) is 3. The van der Waals surface area contributed by atoms with Crippen molar-refractivity contribution in [3.05, 3.63) is 49.1 Å². The van der Waals surface area contributed by atoms with Crippen molar-refractivity contribution in [2.45, 2.75) is 56.2 Å². The number of rotatable bonds is 11. The quantitative estimate of drug-likeness (QED) is 0.244. The summed E-state index contributed by atoms with van der Waals surface area (Å²) in [5.41, 5.74) is 0. The number of aromatic nitrogens is 3. The van der Waals surface area contributed by atoms with E-state index < -0.39 is 34.4 Å². The minimum absolute atomic E-state index is 0.0573. The zero-order valence-electron chi connectivity index (χ0n) is 21.1. The summed E-state index contributed by atoms with van der Waals surface area (Å²) in [6, 6.07) is 5.45. The van der Waals surface area contributed by atoms with Gasteiger partial charge in [0.05, 0.1) is 11.5 Å². The van der Waals surface area contributed by atoms with E-state index in [1.807, 2.05) is 0 Å². The Hall–Kier alpha value is -3.71. The van der Waals surface area contributed by atoms with Gasteiger partial charge in [-0.3, -0.25) is 9.78 Å². The van der Waals surface area contributed by atoms with Crippen LogP contribution in [-0.4, -0.2) is 72.3 Å². The zero-order chi connectivity index (χ0) is 27.0. The van der Waals surface area contributed by atoms with Crippen molar-refractivity contribution in [1.29, 1.82) is 0 Å². The predicted octanol–water partition coefficient (Wildman–Crippen LogP) is 3.01. The van der Waals surface area contributed by atoms with Crippen molar-refractivity contribution in [3.63, 3.8) is 0 Å². The Morgan fingerprint density at radius 3 is 2.89 bits per heavy atom. The number of piperidine rings is 1. The third-order valence-electron chi connectivity index (χ3n) is 6.21. The van der Waals surface area contributed by atoms with Crippen LogP contribution in [0.3, 0.4) is 0 Å². The molecule has 0 saturated carbocycles. The first-order chi connectivity index (χ1) is 18.4. The number of anilines is 1. The van der Waals surface area contributed by atoms with Crippen LogP contribution >= 0.6 is 0 Å². The van der Waals surface area contributed by atoms with Crippen molar-refractivity contribution >= 4 is 38.8 Å². The number of aromatic amines is 1. The minimum atomic E-state index is -4.10. The van der Waals surface area contributed by atoms with Crippen molar-refractivity contribution in [3.8, 4) is 0 Å². The lowest BCUT2D eigenvalue weighted by Gasteiger charge is -2.36. The molecule has 3 aromatic rings. The van der Waals surface area contributed by atoms with Crippen LogP contribution in [0.25, 0.3) is 10.8 Å². The molecule has 0 radical (unpaired) electrons. The molecule has 3 heterocycles. The second kappa shape index (κ2) is 12.7. The molecule has 2 aromatic heterocycles. The van der Waals surface area contributed by atoms with Gasteiger partial charge in [-0.05, 0) is 44.7 Å². The first kappa shape index (κ1) is 27.3. The Labute approximate surface area is 221 Å². The fourth-order valence-electron chi connectivity index (χ4n) is 4.42. The van der Waals surface area contributed by atoms with Crippen LogP contribution in [0.15, 0.2) is 53.9 Å². The Morgan fingerprint density at radius 1 is 1.24 bits per heavy atom. The number of carbonyl (C=O) groups excluding carboxylic acids is 2. The van der Waals surface area contributed by atoms with Gasteiger partial charge in [-0.2, -0.15) is 4.72 Å². The summed E-state index contributed by atoms with van der Waals surface area (Å²) in [5.74, 6) is 0.124. The highest BCUT2D eigenvalue weighted by molar-refractivity contribution is 7.89. The molecular formula is C25H32N6O6S. The first-order valence-electron chi connectivity index (χ1n) is 12.6. The molecular weight excluding hydrogens is 512 g/mol. The number of sulfonamides is 1.